The lowest BCUT2D eigenvalue weighted by atomic mass is 10.2. The number of ether oxygens (including phenoxy) is 1. The van der Waals surface area contributed by atoms with E-state index in [2.05, 4.69) is 18.9 Å². The third-order valence-corrected chi connectivity index (χ3v) is 2.24. The minimum absolute atomic E-state index is 0.315. The van der Waals surface area contributed by atoms with Gasteiger partial charge in [-0.2, -0.15) is 5.10 Å². The van der Waals surface area contributed by atoms with Crippen LogP contribution in [0.3, 0.4) is 0 Å². The molecule has 0 bridgehead atoms. The van der Waals surface area contributed by atoms with Crippen LogP contribution in [0.4, 0.5) is 0 Å². The number of nitrogens with zero attached hydrogens (tertiary/aromatic N) is 2. The second-order valence-electron chi connectivity index (χ2n) is 3.65. The second-order valence-corrected chi connectivity index (χ2v) is 3.65. The first-order valence-electron chi connectivity index (χ1n) is 4.93. The molecule has 0 aliphatic carbocycles. The van der Waals surface area contributed by atoms with E-state index in [4.69, 9.17) is 10.5 Å². The lowest BCUT2D eigenvalue weighted by Gasteiger charge is -2.10. The molecule has 0 aliphatic heterocycles. The number of aromatic nitrogens is 2. The first-order chi connectivity index (χ1) is 6.61. The van der Waals surface area contributed by atoms with Crippen LogP contribution in [0, 0.1) is 6.92 Å². The van der Waals surface area contributed by atoms with Crippen molar-refractivity contribution in [3.63, 3.8) is 0 Å². The first-order valence-corrected chi connectivity index (χ1v) is 4.93. The van der Waals surface area contributed by atoms with Crippen molar-refractivity contribution in [1.82, 2.24) is 9.78 Å². The highest BCUT2D eigenvalue weighted by atomic mass is 16.5. The van der Waals surface area contributed by atoms with Crippen molar-refractivity contribution in [3.05, 3.63) is 11.3 Å². The van der Waals surface area contributed by atoms with Crippen LogP contribution in [0.5, 0.6) is 5.88 Å². The molecule has 1 aromatic rings. The molecule has 14 heavy (non-hydrogen) atoms. The molecule has 80 valence electrons. The van der Waals surface area contributed by atoms with Crippen molar-refractivity contribution in [2.24, 2.45) is 5.73 Å². The summed E-state index contributed by atoms with van der Waals surface area (Å²) >= 11 is 0. The minimum Gasteiger partial charge on any atom is -0.481 e. The molecule has 0 radical (unpaired) electrons. The Morgan fingerprint density at radius 2 is 2.14 bits per heavy atom. The van der Waals surface area contributed by atoms with E-state index < -0.39 is 0 Å². The molecule has 2 N–H and O–H groups in total. The first kappa shape index (κ1) is 11.0. The van der Waals surface area contributed by atoms with Gasteiger partial charge in [0.05, 0.1) is 18.8 Å². The molecular formula is C10H19N3O. The van der Waals surface area contributed by atoms with E-state index in [1.165, 1.54) is 0 Å². The number of rotatable bonds is 4. The maximum Gasteiger partial charge on any atom is 0.215 e. The van der Waals surface area contributed by atoms with E-state index >= 15 is 0 Å². The molecule has 1 aromatic heterocycles. The van der Waals surface area contributed by atoms with Crippen LogP contribution < -0.4 is 10.5 Å². The predicted octanol–water partition coefficient (Wildman–Crippen LogP) is 1.28. The van der Waals surface area contributed by atoms with Gasteiger partial charge in [-0.25, -0.2) is 4.68 Å². The van der Waals surface area contributed by atoms with Crippen molar-refractivity contribution < 1.29 is 4.74 Å². The highest BCUT2D eigenvalue weighted by Gasteiger charge is 2.16. The fourth-order valence-electron chi connectivity index (χ4n) is 1.56. The smallest absolute Gasteiger partial charge is 0.215 e. The number of methoxy groups -OCH3 is 1. The van der Waals surface area contributed by atoms with Crippen LogP contribution in [0.15, 0.2) is 0 Å². The molecule has 0 atom stereocenters. The van der Waals surface area contributed by atoms with Crippen LogP contribution in [-0.4, -0.2) is 23.4 Å². The molecule has 0 saturated heterocycles. The molecule has 0 saturated carbocycles. The van der Waals surface area contributed by atoms with Crippen LogP contribution in [-0.2, 0) is 6.42 Å². The number of hydrogen-bond acceptors (Lipinski definition) is 3. The molecule has 4 heteroatoms. The largest absolute Gasteiger partial charge is 0.481 e. The van der Waals surface area contributed by atoms with E-state index in [0.29, 0.717) is 12.6 Å². The van der Waals surface area contributed by atoms with Crippen molar-refractivity contribution in [1.29, 1.82) is 0 Å². The van der Waals surface area contributed by atoms with Crippen LogP contribution in [0.1, 0.15) is 31.1 Å². The maximum atomic E-state index is 5.55. The van der Waals surface area contributed by atoms with E-state index in [0.717, 1.165) is 23.6 Å². The van der Waals surface area contributed by atoms with E-state index in [1.54, 1.807) is 7.11 Å². The van der Waals surface area contributed by atoms with Gasteiger partial charge in [-0.05, 0) is 33.7 Å². The van der Waals surface area contributed by atoms with Gasteiger partial charge in [-0.1, -0.05) is 0 Å². The van der Waals surface area contributed by atoms with Gasteiger partial charge >= 0.3 is 0 Å². The van der Waals surface area contributed by atoms with Gasteiger partial charge in [0.25, 0.3) is 0 Å². The summed E-state index contributed by atoms with van der Waals surface area (Å²) in [4.78, 5) is 0. The summed E-state index contributed by atoms with van der Waals surface area (Å²) in [6.45, 7) is 6.79. The topological polar surface area (TPSA) is 53.1 Å². The Morgan fingerprint density at radius 3 is 2.57 bits per heavy atom. The fraction of sp³-hybridized carbons (Fsp3) is 0.700. The van der Waals surface area contributed by atoms with Gasteiger partial charge in [-0.3, -0.25) is 0 Å². The second kappa shape index (κ2) is 4.46. The molecule has 4 nitrogen and oxygen atoms in total. The zero-order valence-corrected chi connectivity index (χ0v) is 9.37. The van der Waals surface area contributed by atoms with Crippen molar-refractivity contribution in [2.75, 3.05) is 13.7 Å². The van der Waals surface area contributed by atoms with Gasteiger partial charge in [0.1, 0.15) is 0 Å². The lowest BCUT2D eigenvalue weighted by molar-refractivity contribution is 0.342. The van der Waals surface area contributed by atoms with Crippen molar-refractivity contribution in [2.45, 2.75) is 33.2 Å². The van der Waals surface area contributed by atoms with Crippen LogP contribution in [0.2, 0.25) is 0 Å². The molecular weight excluding hydrogens is 178 g/mol. The molecule has 0 fully saturated rings. The average molecular weight is 197 g/mol. The summed E-state index contributed by atoms with van der Waals surface area (Å²) in [6.07, 6.45) is 0.821. The third kappa shape index (κ3) is 1.90. The van der Waals surface area contributed by atoms with E-state index in [9.17, 15) is 0 Å². The normalized spacial score (nSPS) is 11.0. The standard InChI is InChI=1S/C10H19N3O/c1-7(2)13-10(14-4)9(5-6-11)8(3)12-13/h7H,5-6,11H2,1-4H3. The molecule has 0 aliphatic rings. The zero-order chi connectivity index (χ0) is 10.7. The van der Waals surface area contributed by atoms with Gasteiger partial charge in [0.15, 0.2) is 0 Å². The predicted molar refractivity (Wildman–Crippen MR) is 56.7 cm³/mol. The monoisotopic (exact) mass is 197 g/mol. The Labute approximate surface area is 85.0 Å². The van der Waals surface area contributed by atoms with Gasteiger partial charge < -0.3 is 10.5 Å². The maximum absolute atomic E-state index is 5.55. The Hall–Kier alpha value is -1.03. The minimum atomic E-state index is 0.315. The summed E-state index contributed by atoms with van der Waals surface area (Å²) < 4.78 is 7.26. The molecule has 0 spiro atoms. The molecule has 0 aromatic carbocycles. The SMILES string of the molecule is COc1c(CCN)c(C)nn1C(C)C. The van der Waals surface area contributed by atoms with Gasteiger partial charge in [0, 0.05) is 5.56 Å². The number of aryl methyl sites for hydroxylation is 1. The highest BCUT2D eigenvalue weighted by molar-refractivity contribution is 5.31. The van der Waals surface area contributed by atoms with Crippen molar-refractivity contribution >= 4 is 0 Å². The average Bonchev–Trinajstić information content (AvgIpc) is 2.44. The van der Waals surface area contributed by atoms with E-state index in [1.807, 2.05) is 11.6 Å². The van der Waals surface area contributed by atoms with Crippen LogP contribution >= 0.6 is 0 Å². The molecule has 1 heterocycles. The Morgan fingerprint density at radius 1 is 1.50 bits per heavy atom. The summed E-state index contributed by atoms with van der Waals surface area (Å²) in [5.41, 5.74) is 7.69. The fourth-order valence-corrected chi connectivity index (χ4v) is 1.56. The molecule has 0 unspecified atom stereocenters. The Bertz CT molecular complexity index is 305. The van der Waals surface area contributed by atoms with Gasteiger partial charge in [0.2, 0.25) is 5.88 Å². The van der Waals surface area contributed by atoms with Crippen molar-refractivity contribution in [3.8, 4) is 5.88 Å². The summed E-state index contributed by atoms with van der Waals surface area (Å²) in [7, 11) is 1.68. The zero-order valence-electron chi connectivity index (χ0n) is 9.37. The number of nitrogens with two attached hydrogens (primary N) is 1. The Balaban J connectivity index is 3.14. The summed E-state index contributed by atoms with van der Waals surface area (Å²) in [5.74, 6) is 0.850. The highest BCUT2D eigenvalue weighted by Crippen LogP contribution is 2.25. The number of hydrogen-bond donors (Lipinski definition) is 1. The van der Waals surface area contributed by atoms with Gasteiger partial charge in [-0.15, -0.1) is 0 Å². The lowest BCUT2D eigenvalue weighted by Crippen LogP contribution is -2.07. The summed E-state index contributed by atoms with van der Waals surface area (Å²) in [6, 6.07) is 0.315. The quantitative estimate of drug-likeness (QED) is 0.791. The third-order valence-electron chi connectivity index (χ3n) is 2.24. The molecule has 0 amide bonds. The Kier molecular flexibility index (Phi) is 3.52. The molecule has 1 rings (SSSR count). The summed E-state index contributed by atoms with van der Waals surface area (Å²) in [5, 5.41) is 4.44. The van der Waals surface area contributed by atoms with Crippen LogP contribution in [0.25, 0.3) is 0 Å². The van der Waals surface area contributed by atoms with E-state index in [-0.39, 0.29) is 0 Å².